The van der Waals surface area contributed by atoms with E-state index in [0.29, 0.717) is 11.0 Å². The van der Waals surface area contributed by atoms with Gasteiger partial charge in [-0.05, 0) is 43.6 Å². The minimum absolute atomic E-state index is 0.449. The van der Waals surface area contributed by atoms with Gasteiger partial charge < -0.3 is 10.6 Å². The maximum Gasteiger partial charge on any atom is 0.170 e. The number of anilines is 1. The summed E-state index contributed by atoms with van der Waals surface area (Å²) in [5, 5.41) is 0.449. The average Bonchev–Trinajstić information content (AvgIpc) is 2.20. The Morgan fingerprint density at radius 3 is 2.31 bits per heavy atom. The lowest BCUT2D eigenvalue weighted by Gasteiger charge is -2.23. The van der Waals surface area contributed by atoms with Crippen LogP contribution in [0.2, 0.25) is 0 Å². The maximum absolute atomic E-state index is 5.75. The zero-order chi connectivity index (χ0) is 12.1. The van der Waals surface area contributed by atoms with Crippen LogP contribution in [0.1, 0.15) is 25.8 Å². The highest BCUT2D eigenvalue weighted by Gasteiger charge is 2.09. The summed E-state index contributed by atoms with van der Waals surface area (Å²) in [6.07, 6.45) is 1.09. The molecule has 0 saturated heterocycles. The highest BCUT2D eigenvalue weighted by atomic mass is 32.1. The number of benzene rings is 1. The number of thiocarbonyl (C=S) groups is 1. The zero-order valence-corrected chi connectivity index (χ0v) is 11.1. The quantitative estimate of drug-likeness (QED) is 0.815. The van der Waals surface area contributed by atoms with Crippen LogP contribution >= 0.6 is 12.2 Å². The van der Waals surface area contributed by atoms with Crippen molar-refractivity contribution < 1.29 is 0 Å². The molecule has 0 amide bonds. The Kier molecular flexibility index (Phi) is 4.74. The molecule has 2 nitrogen and oxygen atoms in total. The van der Waals surface area contributed by atoms with Gasteiger partial charge in [0.05, 0.1) is 0 Å². The fourth-order valence-electron chi connectivity index (χ4n) is 1.48. The Morgan fingerprint density at radius 2 is 1.88 bits per heavy atom. The summed E-state index contributed by atoms with van der Waals surface area (Å²) in [6.45, 7) is 7.36. The van der Waals surface area contributed by atoms with E-state index in [2.05, 4.69) is 45.0 Å². The molecule has 0 aliphatic heterocycles. The molecular weight excluding hydrogens is 216 g/mol. The van der Waals surface area contributed by atoms with E-state index in [1.54, 1.807) is 0 Å². The average molecular weight is 236 g/mol. The Hall–Kier alpha value is -1.09. The molecule has 0 bridgehead atoms. The monoisotopic (exact) mass is 236 g/mol. The predicted octanol–water partition coefficient (Wildman–Crippen LogP) is 3.09. The fourth-order valence-corrected chi connectivity index (χ4v) is 1.68. The molecule has 0 aliphatic rings. The molecule has 1 aromatic rings. The van der Waals surface area contributed by atoms with Crippen LogP contribution in [-0.2, 0) is 0 Å². The SMILES string of the molecule is Cc1ccc(N(CCC(C)C)C(N)=S)cc1. The Morgan fingerprint density at radius 1 is 1.31 bits per heavy atom. The third-order valence-electron chi connectivity index (χ3n) is 2.54. The second kappa shape index (κ2) is 5.85. The predicted molar refractivity (Wildman–Crippen MR) is 74.8 cm³/mol. The van der Waals surface area contributed by atoms with Crippen LogP contribution in [0.3, 0.4) is 0 Å². The molecule has 1 aromatic carbocycles. The topological polar surface area (TPSA) is 29.3 Å². The number of rotatable bonds is 4. The number of aryl methyl sites for hydroxylation is 1. The van der Waals surface area contributed by atoms with Gasteiger partial charge in [-0.25, -0.2) is 0 Å². The molecule has 0 unspecified atom stereocenters. The van der Waals surface area contributed by atoms with Gasteiger partial charge in [0.2, 0.25) is 0 Å². The molecule has 0 saturated carbocycles. The molecule has 88 valence electrons. The van der Waals surface area contributed by atoms with Crippen LogP contribution in [0.5, 0.6) is 0 Å². The van der Waals surface area contributed by atoms with E-state index in [9.17, 15) is 0 Å². The first-order valence-corrected chi connectivity index (χ1v) is 6.05. The van der Waals surface area contributed by atoms with Crippen molar-refractivity contribution in [1.82, 2.24) is 0 Å². The molecule has 3 heteroatoms. The molecule has 0 aromatic heterocycles. The fraction of sp³-hybridized carbons (Fsp3) is 0.462. The second-order valence-corrected chi connectivity index (χ2v) is 4.93. The highest BCUT2D eigenvalue weighted by molar-refractivity contribution is 7.80. The second-order valence-electron chi connectivity index (χ2n) is 4.51. The van der Waals surface area contributed by atoms with Crippen LogP contribution in [0, 0.1) is 12.8 Å². The summed E-state index contributed by atoms with van der Waals surface area (Å²) in [6, 6.07) is 8.29. The van der Waals surface area contributed by atoms with Crippen molar-refractivity contribution in [3.63, 3.8) is 0 Å². The summed E-state index contributed by atoms with van der Waals surface area (Å²) in [4.78, 5) is 1.99. The number of hydrogen-bond donors (Lipinski definition) is 1. The Bertz CT molecular complexity index is 343. The molecule has 1 rings (SSSR count). The lowest BCUT2D eigenvalue weighted by Crippen LogP contribution is -2.36. The molecule has 16 heavy (non-hydrogen) atoms. The van der Waals surface area contributed by atoms with Crippen molar-refractivity contribution in [3.05, 3.63) is 29.8 Å². The third kappa shape index (κ3) is 3.81. The van der Waals surface area contributed by atoms with Gasteiger partial charge in [0, 0.05) is 12.2 Å². The van der Waals surface area contributed by atoms with Gasteiger partial charge in [-0.15, -0.1) is 0 Å². The third-order valence-corrected chi connectivity index (χ3v) is 2.76. The first-order valence-electron chi connectivity index (χ1n) is 5.64. The molecule has 0 heterocycles. The van der Waals surface area contributed by atoms with Crippen molar-refractivity contribution in [2.45, 2.75) is 27.2 Å². The van der Waals surface area contributed by atoms with Crippen LogP contribution in [-0.4, -0.2) is 11.7 Å². The number of nitrogens with zero attached hydrogens (tertiary/aromatic N) is 1. The van der Waals surface area contributed by atoms with Crippen LogP contribution in [0.15, 0.2) is 24.3 Å². The standard InChI is InChI=1S/C13H20N2S/c1-10(2)8-9-15(13(14)16)12-6-4-11(3)5-7-12/h4-7,10H,8-9H2,1-3H3,(H2,14,16). The largest absolute Gasteiger partial charge is 0.376 e. The van der Waals surface area contributed by atoms with Gasteiger partial charge in [0.25, 0.3) is 0 Å². The number of nitrogens with two attached hydrogens (primary N) is 1. The van der Waals surface area contributed by atoms with E-state index in [0.717, 1.165) is 18.7 Å². The first-order chi connectivity index (χ1) is 7.50. The summed E-state index contributed by atoms with van der Waals surface area (Å²) in [7, 11) is 0. The zero-order valence-electron chi connectivity index (χ0n) is 10.2. The summed E-state index contributed by atoms with van der Waals surface area (Å²) >= 11 is 5.09. The summed E-state index contributed by atoms with van der Waals surface area (Å²) in [5.41, 5.74) is 8.08. The highest BCUT2D eigenvalue weighted by Crippen LogP contribution is 2.16. The molecule has 0 fully saturated rings. The van der Waals surface area contributed by atoms with Gasteiger partial charge in [0.15, 0.2) is 5.11 Å². The van der Waals surface area contributed by atoms with Crippen LogP contribution < -0.4 is 10.6 Å². The molecule has 2 N–H and O–H groups in total. The normalized spacial score (nSPS) is 10.5. The Balaban J connectivity index is 2.77. The van der Waals surface area contributed by atoms with Crippen LogP contribution in [0.25, 0.3) is 0 Å². The van der Waals surface area contributed by atoms with E-state index >= 15 is 0 Å². The van der Waals surface area contributed by atoms with Crippen molar-refractivity contribution in [2.75, 3.05) is 11.4 Å². The van der Waals surface area contributed by atoms with E-state index < -0.39 is 0 Å². The van der Waals surface area contributed by atoms with Gasteiger partial charge in [-0.3, -0.25) is 0 Å². The minimum Gasteiger partial charge on any atom is -0.376 e. The van der Waals surface area contributed by atoms with E-state index in [1.165, 1.54) is 5.56 Å². The molecule has 0 atom stereocenters. The molecular formula is C13H20N2S. The summed E-state index contributed by atoms with van der Waals surface area (Å²) < 4.78 is 0. The van der Waals surface area contributed by atoms with Gasteiger partial charge >= 0.3 is 0 Å². The van der Waals surface area contributed by atoms with Gasteiger partial charge in [0.1, 0.15) is 0 Å². The van der Waals surface area contributed by atoms with Gasteiger partial charge in [-0.1, -0.05) is 31.5 Å². The van der Waals surface area contributed by atoms with Crippen molar-refractivity contribution in [3.8, 4) is 0 Å². The van der Waals surface area contributed by atoms with Crippen molar-refractivity contribution >= 4 is 23.0 Å². The maximum atomic E-state index is 5.75. The summed E-state index contributed by atoms with van der Waals surface area (Å²) in [5.74, 6) is 0.655. The first kappa shape index (κ1) is 13.0. The van der Waals surface area contributed by atoms with E-state index in [1.807, 2.05) is 4.90 Å². The molecule has 0 spiro atoms. The van der Waals surface area contributed by atoms with E-state index in [4.69, 9.17) is 18.0 Å². The van der Waals surface area contributed by atoms with E-state index in [-0.39, 0.29) is 0 Å². The minimum atomic E-state index is 0.449. The number of hydrogen-bond acceptors (Lipinski definition) is 1. The van der Waals surface area contributed by atoms with Crippen LogP contribution in [0.4, 0.5) is 5.69 Å². The lowest BCUT2D eigenvalue weighted by atomic mass is 10.1. The van der Waals surface area contributed by atoms with Crippen molar-refractivity contribution in [1.29, 1.82) is 0 Å². The smallest absolute Gasteiger partial charge is 0.170 e. The van der Waals surface area contributed by atoms with Gasteiger partial charge in [-0.2, -0.15) is 0 Å². The molecule has 0 aliphatic carbocycles. The lowest BCUT2D eigenvalue weighted by molar-refractivity contribution is 0.594. The Labute approximate surface area is 103 Å². The molecule has 0 radical (unpaired) electrons. The van der Waals surface area contributed by atoms with Crippen molar-refractivity contribution in [2.24, 2.45) is 11.7 Å².